The largest absolute Gasteiger partial charge is 0.478 e. The van der Waals surface area contributed by atoms with Gasteiger partial charge in [-0.25, -0.2) is 4.79 Å². The third-order valence-electron chi connectivity index (χ3n) is 2.82. The lowest BCUT2D eigenvalue weighted by atomic mass is 10.00. The fraction of sp³-hybridized carbons (Fsp3) is 0.364. The first-order chi connectivity index (χ1) is 6.72. The Morgan fingerprint density at radius 2 is 2.29 bits per heavy atom. The number of aromatic carboxylic acids is 1. The number of rotatable bonds is 2. The van der Waals surface area contributed by atoms with Crippen LogP contribution in [0.3, 0.4) is 0 Å². The lowest BCUT2D eigenvalue weighted by Gasteiger charge is -2.07. The van der Waals surface area contributed by atoms with Gasteiger partial charge in [-0.2, -0.15) is 0 Å². The zero-order valence-electron chi connectivity index (χ0n) is 7.73. The Bertz CT molecular complexity index is 371. The van der Waals surface area contributed by atoms with Crippen LogP contribution in [0.15, 0.2) is 18.2 Å². The molecular formula is C11H12O3. The third-order valence-corrected chi connectivity index (χ3v) is 2.82. The molecular weight excluding hydrogens is 180 g/mol. The summed E-state index contributed by atoms with van der Waals surface area (Å²) in [5, 5.41) is 17.9. The van der Waals surface area contributed by atoms with Crippen LogP contribution in [0.2, 0.25) is 0 Å². The minimum absolute atomic E-state index is 0.107. The van der Waals surface area contributed by atoms with Gasteiger partial charge in [-0.05, 0) is 36.1 Å². The van der Waals surface area contributed by atoms with Gasteiger partial charge in [0, 0.05) is 12.5 Å². The van der Waals surface area contributed by atoms with E-state index in [2.05, 4.69) is 0 Å². The van der Waals surface area contributed by atoms with Crippen molar-refractivity contribution in [3.8, 4) is 0 Å². The van der Waals surface area contributed by atoms with E-state index in [4.69, 9.17) is 10.2 Å². The molecule has 0 fully saturated rings. The zero-order valence-corrected chi connectivity index (χ0v) is 7.73. The predicted octanol–water partition coefficient (Wildman–Crippen LogP) is 1.41. The zero-order chi connectivity index (χ0) is 10.1. The number of carboxylic acid groups (broad SMARTS) is 1. The number of hydrogen-bond donors (Lipinski definition) is 2. The molecule has 1 atom stereocenters. The van der Waals surface area contributed by atoms with Crippen molar-refractivity contribution in [2.24, 2.45) is 0 Å². The second kappa shape index (κ2) is 3.42. The summed E-state index contributed by atoms with van der Waals surface area (Å²) in [6, 6.07) is 5.17. The summed E-state index contributed by atoms with van der Waals surface area (Å²) in [5.41, 5.74) is 2.49. The van der Waals surface area contributed by atoms with Crippen LogP contribution in [0.25, 0.3) is 0 Å². The molecule has 1 aromatic carbocycles. The van der Waals surface area contributed by atoms with Gasteiger partial charge in [0.15, 0.2) is 0 Å². The monoisotopic (exact) mass is 192 g/mol. The van der Waals surface area contributed by atoms with Crippen LogP contribution >= 0.6 is 0 Å². The first kappa shape index (κ1) is 9.21. The highest BCUT2D eigenvalue weighted by atomic mass is 16.4. The van der Waals surface area contributed by atoms with Crippen molar-refractivity contribution in [2.75, 3.05) is 6.61 Å². The summed E-state index contributed by atoms with van der Waals surface area (Å²) in [6.45, 7) is 0.107. The number of carbonyl (C=O) groups is 1. The van der Waals surface area contributed by atoms with E-state index in [1.807, 2.05) is 6.07 Å². The van der Waals surface area contributed by atoms with Gasteiger partial charge in [-0.1, -0.05) is 6.07 Å². The number of carboxylic acids is 1. The Balaban J connectivity index is 2.42. The molecule has 0 spiro atoms. The maximum atomic E-state index is 10.7. The number of hydrogen-bond acceptors (Lipinski definition) is 2. The van der Waals surface area contributed by atoms with Gasteiger partial charge in [0.05, 0.1) is 5.56 Å². The van der Waals surface area contributed by atoms with Crippen LogP contribution in [0.4, 0.5) is 0 Å². The quantitative estimate of drug-likeness (QED) is 0.744. The molecule has 1 aliphatic carbocycles. The van der Waals surface area contributed by atoms with E-state index in [1.165, 1.54) is 5.56 Å². The summed E-state index contributed by atoms with van der Waals surface area (Å²) in [4.78, 5) is 10.7. The second-order valence-electron chi connectivity index (χ2n) is 3.64. The molecule has 3 heteroatoms. The molecule has 74 valence electrons. The van der Waals surface area contributed by atoms with Gasteiger partial charge in [0.2, 0.25) is 0 Å². The van der Waals surface area contributed by atoms with Crippen molar-refractivity contribution in [3.63, 3.8) is 0 Å². The van der Waals surface area contributed by atoms with Gasteiger partial charge < -0.3 is 10.2 Å². The van der Waals surface area contributed by atoms with Crippen molar-refractivity contribution < 1.29 is 15.0 Å². The first-order valence-corrected chi connectivity index (χ1v) is 4.69. The number of aliphatic hydroxyl groups is 1. The summed E-state index contributed by atoms with van der Waals surface area (Å²) in [6.07, 6.45) is 1.87. The molecule has 2 N–H and O–H groups in total. The van der Waals surface area contributed by atoms with Gasteiger partial charge in [-0.3, -0.25) is 0 Å². The molecule has 0 radical (unpaired) electrons. The van der Waals surface area contributed by atoms with Gasteiger partial charge in [-0.15, -0.1) is 0 Å². The van der Waals surface area contributed by atoms with E-state index in [-0.39, 0.29) is 12.5 Å². The van der Waals surface area contributed by atoms with Crippen molar-refractivity contribution >= 4 is 5.97 Å². The molecule has 0 bridgehead atoms. The topological polar surface area (TPSA) is 57.5 Å². The minimum atomic E-state index is -0.906. The highest BCUT2D eigenvalue weighted by Gasteiger charge is 2.22. The normalized spacial score (nSPS) is 19.4. The SMILES string of the molecule is O=C(O)c1ccc2c(c1)C(CO)CC2. The highest BCUT2D eigenvalue weighted by molar-refractivity contribution is 5.88. The molecule has 2 rings (SSSR count). The molecule has 1 aromatic rings. The standard InChI is InChI=1S/C11H12O3/c12-6-9-4-2-7-1-3-8(11(13)14)5-10(7)9/h1,3,5,9,12H,2,4,6H2,(H,13,14). The maximum Gasteiger partial charge on any atom is 0.335 e. The van der Waals surface area contributed by atoms with E-state index in [0.717, 1.165) is 18.4 Å². The Kier molecular flexibility index (Phi) is 2.25. The van der Waals surface area contributed by atoms with E-state index in [0.29, 0.717) is 5.56 Å². The van der Waals surface area contributed by atoms with Crippen molar-refractivity contribution in [1.82, 2.24) is 0 Å². The van der Waals surface area contributed by atoms with E-state index >= 15 is 0 Å². The Morgan fingerprint density at radius 3 is 2.93 bits per heavy atom. The second-order valence-corrected chi connectivity index (χ2v) is 3.64. The van der Waals surface area contributed by atoms with E-state index < -0.39 is 5.97 Å². The van der Waals surface area contributed by atoms with Crippen LogP contribution in [0.1, 0.15) is 33.8 Å². The van der Waals surface area contributed by atoms with E-state index in [9.17, 15) is 4.79 Å². The van der Waals surface area contributed by atoms with Crippen molar-refractivity contribution in [2.45, 2.75) is 18.8 Å². The molecule has 0 aromatic heterocycles. The number of benzene rings is 1. The van der Waals surface area contributed by atoms with Gasteiger partial charge in [0.25, 0.3) is 0 Å². The number of fused-ring (bicyclic) bond motifs is 1. The Labute approximate surface area is 82.0 Å². The minimum Gasteiger partial charge on any atom is -0.478 e. The van der Waals surface area contributed by atoms with Crippen molar-refractivity contribution in [3.05, 3.63) is 34.9 Å². The third kappa shape index (κ3) is 1.40. The Morgan fingerprint density at radius 1 is 1.50 bits per heavy atom. The molecule has 0 amide bonds. The smallest absolute Gasteiger partial charge is 0.335 e. The van der Waals surface area contributed by atoms with Crippen LogP contribution in [-0.2, 0) is 6.42 Å². The number of aliphatic hydroxyl groups excluding tert-OH is 1. The first-order valence-electron chi connectivity index (χ1n) is 4.69. The molecule has 1 unspecified atom stereocenters. The van der Waals surface area contributed by atoms with Crippen LogP contribution in [-0.4, -0.2) is 22.8 Å². The summed E-state index contributed by atoms with van der Waals surface area (Å²) in [5.74, 6) is -0.777. The van der Waals surface area contributed by atoms with Gasteiger partial charge in [0.1, 0.15) is 0 Å². The average Bonchev–Trinajstić information content (AvgIpc) is 2.59. The van der Waals surface area contributed by atoms with Crippen LogP contribution in [0.5, 0.6) is 0 Å². The van der Waals surface area contributed by atoms with Crippen LogP contribution < -0.4 is 0 Å². The maximum absolute atomic E-state index is 10.7. The van der Waals surface area contributed by atoms with Gasteiger partial charge >= 0.3 is 5.97 Å². The van der Waals surface area contributed by atoms with Crippen LogP contribution in [0, 0.1) is 0 Å². The summed E-state index contributed by atoms with van der Waals surface area (Å²) in [7, 11) is 0. The molecule has 0 heterocycles. The lowest BCUT2D eigenvalue weighted by Crippen LogP contribution is -2.02. The molecule has 0 aliphatic heterocycles. The fourth-order valence-corrected chi connectivity index (χ4v) is 2.01. The Hall–Kier alpha value is -1.35. The molecule has 0 saturated carbocycles. The highest BCUT2D eigenvalue weighted by Crippen LogP contribution is 2.33. The molecule has 0 saturated heterocycles. The molecule has 1 aliphatic rings. The lowest BCUT2D eigenvalue weighted by molar-refractivity contribution is 0.0696. The summed E-state index contributed by atoms with van der Waals surface area (Å²) < 4.78 is 0. The number of aryl methyl sites for hydroxylation is 1. The van der Waals surface area contributed by atoms with Crippen molar-refractivity contribution in [1.29, 1.82) is 0 Å². The predicted molar refractivity (Wildman–Crippen MR) is 51.5 cm³/mol. The molecule has 3 nitrogen and oxygen atoms in total. The summed E-state index contributed by atoms with van der Waals surface area (Å²) >= 11 is 0. The molecule has 14 heavy (non-hydrogen) atoms. The van der Waals surface area contributed by atoms with E-state index in [1.54, 1.807) is 12.1 Å². The average molecular weight is 192 g/mol. The fourth-order valence-electron chi connectivity index (χ4n) is 2.01.